The van der Waals surface area contributed by atoms with Gasteiger partial charge in [0.25, 0.3) is 0 Å². The Morgan fingerprint density at radius 3 is 2.24 bits per heavy atom. The van der Waals surface area contributed by atoms with Gasteiger partial charge in [0.2, 0.25) is 11.8 Å². The van der Waals surface area contributed by atoms with Crippen molar-refractivity contribution in [2.75, 3.05) is 39.0 Å². The fourth-order valence-corrected chi connectivity index (χ4v) is 3.24. The second-order valence-electron chi connectivity index (χ2n) is 6.71. The molecule has 2 unspecified atom stereocenters. The molecule has 0 radical (unpaired) electrons. The van der Waals surface area contributed by atoms with E-state index in [-0.39, 0.29) is 17.7 Å². The number of nitrogens with two attached hydrogens (primary N) is 1. The summed E-state index contributed by atoms with van der Waals surface area (Å²) in [7, 11) is 2.06. The van der Waals surface area contributed by atoms with Gasteiger partial charge in [-0.2, -0.15) is 0 Å². The lowest BCUT2D eigenvalue weighted by atomic mass is 9.87. The van der Waals surface area contributed by atoms with Gasteiger partial charge in [-0.1, -0.05) is 26.0 Å². The van der Waals surface area contributed by atoms with Gasteiger partial charge >= 0.3 is 0 Å². The van der Waals surface area contributed by atoms with Crippen LogP contribution >= 0.6 is 0 Å². The number of carbonyl (C=O) groups is 2. The first-order valence-electron chi connectivity index (χ1n) is 9.08. The van der Waals surface area contributed by atoms with Crippen molar-refractivity contribution in [3.8, 4) is 0 Å². The van der Waals surface area contributed by atoms with Crippen LogP contribution in [0.5, 0.6) is 0 Å². The van der Waals surface area contributed by atoms with Crippen molar-refractivity contribution in [1.82, 2.24) is 15.1 Å². The van der Waals surface area contributed by atoms with Crippen LogP contribution in [0.1, 0.15) is 38.2 Å². The van der Waals surface area contributed by atoms with Crippen LogP contribution < -0.4 is 11.1 Å². The van der Waals surface area contributed by atoms with Gasteiger partial charge in [0.15, 0.2) is 0 Å². The molecule has 0 spiro atoms. The highest BCUT2D eigenvalue weighted by molar-refractivity contribution is 5.88. The number of hydrogen-bond acceptors (Lipinski definition) is 4. The molecule has 25 heavy (non-hydrogen) atoms. The predicted octanol–water partition coefficient (Wildman–Crippen LogP) is 1.43. The third kappa shape index (κ3) is 4.95. The molecule has 1 aliphatic heterocycles. The minimum Gasteiger partial charge on any atom is -0.399 e. The second-order valence-corrected chi connectivity index (χ2v) is 6.71. The standard InChI is InChI=1S/C19H30N4O2/c1-4-16(14-6-8-15(20)9-7-14)18(21-17(24)5-2)19(25)23-12-10-22(3)11-13-23/h6-9,16,18H,4-5,10-13,20H2,1-3H3,(H,21,24). The van der Waals surface area contributed by atoms with Crippen molar-refractivity contribution in [3.63, 3.8) is 0 Å². The number of benzene rings is 1. The normalized spacial score (nSPS) is 17.8. The highest BCUT2D eigenvalue weighted by atomic mass is 16.2. The topological polar surface area (TPSA) is 78.7 Å². The number of rotatable bonds is 6. The average molecular weight is 346 g/mol. The fraction of sp³-hybridized carbons (Fsp3) is 0.579. The first-order valence-corrected chi connectivity index (χ1v) is 9.08. The van der Waals surface area contributed by atoms with Gasteiger partial charge in [-0.05, 0) is 31.2 Å². The van der Waals surface area contributed by atoms with Crippen LogP contribution in [0.3, 0.4) is 0 Å². The van der Waals surface area contributed by atoms with Crippen LogP contribution in [0.25, 0.3) is 0 Å². The van der Waals surface area contributed by atoms with Crippen LogP contribution in [0.2, 0.25) is 0 Å². The number of nitrogens with one attached hydrogen (secondary N) is 1. The lowest BCUT2D eigenvalue weighted by Crippen LogP contribution is -2.56. The first kappa shape index (κ1) is 19.2. The minimum absolute atomic E-state index is 0.0126. The van der Waals surface area contributed by atoms with Crippen molar-refractivity contribution in [2.45, 2.75) is 38.6 Å². The van der Waals surface area contributed by atoms with E-state index in [4.69, 9.17) is 5.73 Å². The van der Waals surface area contributed by atoms with E-state index in [2.05, 4.69) is 17.3 Å². The van der Waals surface area contributed by atoms with Gasteiger partial charge in [-0.25, -0.2) is 0 Å². The van der Waals surface area contributed by atoms with Crippen LogP contribution in [0.4, 0.5) is 5.69 Å². The molecular formula is C19H30N4O2. The zero-order chi connectivity index (χ0) is 18.4. The van der Waals surface area contributed by atoms with Crippen molar-refractivity contribution in [3.05, 3.63) is 29.8 Å². The first-order chi connectivity index (χ1) is 12.0. The molecule has 138 valence electrons. The summed E-state index contributed by atoms with van der Waals surface area (Å²) in [6, 6.07) is 7.05. The molecule has 6 heteroatoms. The Morgan fingerprint density at radius 2 is 1.72 bits per heavy atom. The molecule has 2 rings (SSSR count). The van der Waals surface area contributed by atoms with Gasteiger partial charge in [-0.3, -0.25) is 9.59 Å². The van der Waals surface area contributed by atoms with Crippen molar-refractivity contribution < 1.29 is 9.59 Å². The number of likely N-dealkylation sites (N-methyl/N-ethyl adjacent to an activating group) is 1. The summed E-state index contributed by atoms with van der Waals surface area (Å²) in [5, 5.41) is 2.96. The predicted molar refractivity (Wildman–Crippen MR) is 100 cm³/mol. The molecule has 0 aliphatic carbocycles. The highest BCUT2D eigenvalue weighted by Crippen LogP contribution is 2.26. The summed E-state index contributed by atoms with van der Waals surface area (Å²) in [6.07, 6.45) is 1.13. The van der Waals surface area contributed by atoms with Crippen molar-refractivity contribution in [1.29, 1.82) is 0 Å². The number of nitrogens with zero attached hydrogens (tertiary/aromatic N) is 2. The summed E-state index contributed by atoms with van der Waals surface area (Å²) in [5.41, 5.74) is 7.51. The molecule has 6 nitrogen and oxygen atoms in total. The monoisotopic (exact) mass is 346 g/mol. The molecule has 1 aliphatic rings. The largest absolute Gasteiger partial charge is 0.399 e. The van der Waals surface area contributed by atoms with Crippen molar-refractivity contribution >= 4 is 17.5 Å². The number of amides is 2. The number of anilines is 1. The summed E-state index contributed by atoms with van der Waals surface area (Å²) in [4.78, 5) is 29.3. The number of piperazine rings is 1. The van der Waals surface area contributed by atoms with E-state index < -0.39 is 6.04 Å². The Bertz CT molecular complexity index is 580. The SMILES string of the molecule is CCC(=O)NC(C(=O)N1CCN(C)CC1)C(CC)c1ccc(N)cc1. The van der Waals surface area contributed by atoms with Crippen LogP contribution in [-0.2, 0) is 9.59 Å². The van der Waals surface area contributed by atoms with Crippen LogP contribution in [0.15, 0.2) is 24.3 Å². The summed E-state index contributed by atoms with van der Waals surface area (Å²) >= 11 is 0. The van der Waals surface area contributed by atoms with E-state index in [0.29, 0.717) is 25.2 Å². The summed E-state index contributed by atoms with van der Waals surface area (Å²) < 4.78 is 0. The molecule has 1 saturated heterocycles. The Hall–Kier alpha value is -2.08. The number of hydrogen-bond donors (Lipinski definition) is 2. The zero-order valence-corrected chi connectivity index (χ0v) is 15.5. The molecular weight excluding hydrogens is 316 g/mol. The Balaban J connectivity index is 2.24. The maximum Gasteiger partial charge on any atom is 0.245 e. The van der Waals surface area contributed by atoms with Gasteiger partial charge in [-0.15, -0.1) is 0 Å². The molecule has 0 saturated carbocycles. The Kier molecular flexibility index (Phi) is 6.82. The molecule has 1 aromatic carbocycles. The summed E-state index contributed by atoms with van der Waals surface area (Å²) in [5.74, 6) is -0.150. The summed E-state index contributed by atoms with van der Waals surface area (Å²) in [6.45, 7) is 6.97. The molecule has 2 atom stereocenters. The second kappa shape index (κ2) is 8.85. The molecule has 1 aromatic rings. The van der Waals surface area contributed by atoms with Crippen LogP contribution in [-0.4, -0.2) is 60.9 Å². The van der Waals surface area contributed by atoms with E-state index in [1.54, 1.807) is 6.92 Å². The minimum atomic E-state index is -0.538. The van der Waals surface area contributed by atoms with E-state index >= 15 is 0 Å². The highest BCUT2D eigenvalue weighted by Gasteiger charge is 2.33. The van der Waals surface area contributed by atoms with Gasteiger partial charge < -0.3 is 20.9 Å². The molecule has 1 fully saturated rings. The van der Waals surface area contributed by atoms with E-state index in [0.717, 1.165) is 25.1 Å². The lowest BCUT2D eigenvalue weighted by Gasteiger charge is -2.37. The molecule has 1 heterocycles. The molecule has 0 bridgehead atoms. The zero-order valence-electron chi connectivity index (χ0n) is 15.5. The third-order valence-corrected chi connectivity index (χ3v) is 4.93. The quantitative estimate of drug-likeness (QED) is 0.764. The van der Waals surface area contributed by atoms with Gasteiger partial charge in [0.05, 0.1) is 0 Å². The van der Waals surface area contributed by atoms with Gasteiger partial charge in [0.1, 0.15) is 6.04 Å². The maximum atomic E-state index is 13.2. The Morgan fingerprint density at radius 1 is 1.12 bits per heavy atom. The molecule has 2 amide bonds. The number of carbonyl (C=O) groups excluding carboxylic acids is 2. The van der Waals surface area contributed by atoms with Gasteiger partial charge in [0, 0.05) is 44.2 Å². The van der Waals surface area contributed by atoms with E-state index in [9.17, 15) is 9.59 Å². The van der Waals surface area contributed by atoms with Crippen LogP contribution in [0, 0.1) is 0 Å². The smallest absolute Gasteiger partial charge is 0.245 e. The molecule has 3 N–H and O–H groups in total. The van der Waals surface area contributed by atoms with E-state index in [1.165, 1.54) is 0 Å². The fourth-order valence-electron chi connectivity index (χ4n) is 3.24. The molecule has 0 aromatic heterocycles. The van der Waals surface area contributed by atoms with Crippen molar-refractivity contribution in [2.24, 2.45) is 0 Å². The Labute approximate surface area is 150 Å². The number of nitrogen functional groups attached to an aromatic ring is 1. The average Bonchev–Trinajstić information content (AvgIpc) is 2.62. The maximum absolute atomic E-state index is 13.2. The lowest BCUT2D eigenvalue weighted by molar-refractivity contribution is -0.138. The van der Waals surface area contributed by atoms with E-state index in [1.807, 2.05) is 36.1 Å². The third-order valence-electron chi connectivity index (χ3n) is 4.93.